The molecule has 1 aromatic rings. The summed E-state index contributed by atoms with van der Waals surface area (Å²) in [5.74, 6) is 1.46. The molecule has 3 nitrogen and oxygen atoms in total. The lowest BCUT2D eigenvalue weighted by molar-refractivity contribution is -0.00941. The topological polar surface area (TPSA) is 44.5 Å². The van der Waals surface area contributed by atoms with E-state index in [1.165, 1.54) is 0 Å². The minimum absolute atomic E-state index is 0.102. The molecule has 2 N–H and O–H groups in total. The van der Waals surface area contributed by atoms with E-state index in [0.29, 0.717) is 12.5 Å². The Labute approximate surface area is 110 Å². The molecule has 0 aromatic heterocycles. The van der Waals surface area contributed by atoms with E-state index in [9.17, 15) is 0 Å². The van der Waals surface area contributed by atoms with Gasteiger partial charge in [-0.15, -0.1) is 0 Å². The molecule has 18 heavy (non-hydrogen) atoms. The number of benzene rings is 1. The Bertz CT molecular complexity index is 352. The third-order valence-corrected chi connectivity index (χ3v) is 2.90. The Morgan fingerprint density at radius 1 is 1.17 bits per heavy atom. The third-order valence-electron chi connectivity index (χ3n) is 2.90. The number of nitrogens with two attached hydrogens (primary N) is 1. The SMILES string of the molecule is COc1ccccc1C(CN)OC(C)CC(C)C. The standard InChI is InChI=1S/C15H25NO2/c1-11(2)9-12(3)18-15(10-16)13-7-5-6-8-14(13)17-4/h5-8,11-12,15H,9-10,16H2,1-4H3. The van der Waals surface area contributed by atoms with Crippen LogP contribution in [0.1, 0.15) is 38.9 Å². The van der Waals surface area contributed by atoms with Crippen LogP contribution in [-0.2, 0) is 4.74 Å². The van der Waals surface area contributed by atoms with Crippen LogP contribution in [0.15, 0.2) is 24.3 Å². The first kappa shape index (κ1) is 15.0. The lowest BCUT2D eigenvalue weighted by Gasteiger charge is -2.24. The zero-order valence-electron chi connectivity index (χ0n) is 11.8. The Kier molecular flexibility index (Phi) is 6.16. The quantitative estimate of drug-likeness (QED) is 0.809. The second kappa shape index (κ2) is 7.39. The Morgan fingerprint density at radius 2 is 1.83 bits per heavy atom. The average Bonchev–Trinajstić information content (AvgIpc) is 2.35. The van der Waals surface area contributed by atoms with Gasteiger partial charge in [0, 0.05) is 12.1 Å². The van der Waals surface area contributed by atoms with Crippen molar-refractivity contribution in [2.24, 2.45) is 11.7 Å². The molecular weight excluding hydrogens is 226 g/mol. The van der Waals surface area contributed by atoms with Gasteiger partial charge in [-0.05, 0) is 25.3 Å². The molecule has 2 unspecified atom stereocenters. The molecular formula is C15H25NO2. The summed E-state index contributed by atoms with van der Waals surface area (Å²) in [6.45, 7) is 6.95. The van der Waals surface area contributed by atoms with Crippen molar-refractivity contribution in [3.8, 4) is 5.75 Å². The molecule has 3 heteroatoms. The summed E-state index contributed by atoms with van der Waals surface area (Å²) in [5, 5.41) is 0. The largest absolute Gasteiger partial charge is 0.496 e. The van der Waals surface area contributed by atoms with E-state index in [4.69, 9.17) is 15.2 Å². The first-order valence-corrected chi connectivity index (χ1v) is 6.56. The van der Waals surface area contributed by atoms with Crippen molar-refractivity contribution in [2.75, 3.05) is 13.7 Å². The van der Waals surface area contributed by atoms with Crippen LogP contribution in [0, 0.1) is 5.92 Å². The second-order valence-electron chi connectivity index (χ2n) is 5.04. The monoisotopic (exact) mass is 251 g/mol. The molecule has 102 valence electrons. The molecule has 0 spiro atoms. The summed E-state index contributed by atoms with van der Waals surface area (Å²) >= 11 is 0. The van der Waals surface area contributed by atoms with Crippen molar-refractivity contribution in [1.29, 1.82) is 0 Å². The number of rotatable bonds is 7. The highest BCUT2D eigenvalue weighted by atomic mass is 16.5. The highest BCUT2D eigenvalue weighted by Gasteiger charge is 2.18. The van der Waals surface area contributed by atoms with Crippen molar-refractivity contribution < 1.29 is 9.47 Å². The summed E-state index contributed by atoms with van der Waals surface area (Å²) in [5.41, 5.74) is 6.85. The van der Waals surface area contributed by atoms with Crippen LogP contribution in [0.3, 0.4) is 0 Å². The minimum atomic E-state index is -0.102. The molecule has 0 aliphatic carbocycles. The predicted octanol–water partition coefficient (Wildman–Crippen LogP) is 3.15. The van der Waals surface area contributed by atoms with Gasteiger partial charge in [-0.2, -0.15) is 0 Å². The maximum atomic E-state index is 6.03. The van der Waals surface area contributed by atoms with Crippen LogP contribution in [0.2, 0.25) is 0 Å². The Morgan fingerprint density at radius 3 is 2.39 bits per heavy atom. The first-order valence-electron chi connectivity index (χ1n) is 6.56. The maximum absolute atomic E-state index is 6.03. The van der Waals surface area contributed by atoms with E-state index < -0.39 is 0 Å². The lowest BCUT2D eigenvalue weighted by atomic mass is 10.1. The van der Waals surface area contributed by atoms with Crippen LogP contribution in [0.25, 0.3) is 0 Å². The van der Waals surface area contributed by atoms with Crippen molar-refractivity contribution in [1.82, 2.24) is 0 Å². The molecule has 2 atom stereocenters. The number of para-hydroxylation sites is 1. The van der Waals surface area contributed by atoms with Gasteiger partial charge >= 0.3 is 0 Å². The van der Waals surface area contributed by atoms with E-state index in [-0.39, 0.29) is 12.2 Å². The van der Waals surface area contributed by atoms with E-state index in [0.717, 1.165) is 17.7 Å². The summed E-state index contributed by atoms with van der Waals surface area (Å²) in [6, 6.07) is 7.89. The van der Waals surface area contributed by atoms with Gasteiger partial charge in [0.2, 0.25) is 0 Å². The van der Waals surface area contributed by atoms with Crippen molar-refractivity contribution in [2.45, 2.75) is 39.4 Å². The normalized spacial score (nSPS) is 14.6. The summed E-state index contributed by atoms with van der Waals surface area (Å²) in [4.78, 5) is 0. The predicted molar refractivity (Wildman–Crippen MR) is 74.8 cm³/mol. The molecule has 0 amide bonds. The smallest absolute Gasteiger partial charge is 0.124 e. The van der Waals surface area contributed by atoms with Gasteiger partial charge in [0.1, 0.15) is 5.75 Å². The zero-order valence-corrected chi connectivity index (χ0v) is 11.8. The molecule has 0 heterocycles. The van der Waals surface area contributed by atoms with Crippen molar-refractivity contribution in [3.05, 3.63) is 29.8 Å². The summed E-state index contributed by atoms with van der Waals surface area (Å²) in [7, 11) is 1.67. The highest BCUT2D eigenvalue weighted by Crippen LogP contribution is 2.28. The molecule has 0 saturated heterocycles. The molecule has 1 rings (SSSR count). The zero-order chi connectivity index (χ0) is 13.5. The van der Waals surface area contributed by atoms with Gasteiger partial charge in [0.05, 0.1) is 19.3 Å². The van der Waals surface area contributed by atoms with Gasteiger partial charge < -0.3 is 15.2 Å². The van der Waals surface area contributed by atoms with Gasteiger partial charge in [0.25, 0.3) is 0 Å². The van der Waals surface area contributed by atoms with Crippen LogP contribution in [-0.4, -0.2) is 19.8 Å². The first-order chi connectivity index (χ1) is 8.58. The molecule has 0 aliphatic heterocycles. The van der Waals surface area contributed by atoms with Gasteiger partial charge in [-0.3, -0.25) is 0 Å². The number of ether oxygens (including phenoxy) is 2. The molecule has 1 aromatic carbocycles. The number of methoxy groups -OCH3 is 1. The third kappa shape index (κ3) is 4.31. The van der Waals surface area contributed by atoms with E-state index in [1.807, 2.05) is 24.3 Å². The summed E-state index contributed by atoms with van der Waals surface area (Å²) < 4.78 is 11.4. The molecule has 0 aliphatic rings. The van der Waals surface area contributed by atoms with Crippen LogP contribution in [0.4, 0.5) is 0 Å². The van der Waals surface area contributed by atoms with Crippen molar-refractivity contribution >= 4 is 0 Å². The van der Waals surface area contributed by atoms with Crippen LogP contribution >= 0.6 is 0 Å². The maximum Gasteiger partial charge on any atom is 0.124 e. The van der Waals surface area contributed by atoms with Crippen LogP contribution < -0.4 is 10.5 Å². The molecule has 0 bridgehead atoms. The average molecular weight is 251 g/mol. The fraction of sp³-hybridized carbons (Fsp3) is 0.600. The van der Waals surface area contributed by atoms with Crippen LogP contribution in [0.5, 0.6) is 5.75 Å². The number of hydrogen-bond donors (Lipinski definition) is 1. The summed E-state index contributed by atoms with van der Waals surface area (Å²) in [6.07, 6.45) is 1.13. The van der Waals surface area contributed by atoms with Gasteiger partial charge in [0.15, 0.2) is 0 Å². The van der Waals surface area contributed by atoms with E-state index in [2.05, 4.69) is 20.8 Å². The van der Waals surface area contributed by atoms with E-state index >= 15 is 0 Å². The van der Waals surface area contributed by atoms with E-state index in [1.54, 1.807) is 7.11 Å². The lowest BCUT2D eigenvalue weighted by Crippen LogP contribution is -2.22. The molecule has 0 saturated carbocycles. The van der Waals surface area contributed by atoms with Crippen molar-refractivity contribution in [3.63, 3.8) is 0 Å². The van der Waals surface area contributed by atoms with Gasteiger partial charge in [-0.1, -0.05) is 32.0 Å². The molecule has 0 fully saturated rings. The molecule has 0 radical (unpaired) electrons. The Hall–Kier alpha value is -1.06. The second-order valence-corrected chi connectivity index (χ2v) is 5.04. The Balaban J connectivity index is 2.76. The number of hydrogen-bond acceptors (Lipinski definition) is 3. The fourth-order valence-electron chi connectivity index (χ4n) is 2.19. The minimum Gasteiger partial charge on any atom is -0.496 e. The van der Waals surface area contributed by atoms with Gasteiger partial charge in [-0.25, -0.2) is 0 Å². The fourth-order valence-corrected chi connectivity index (χ4v) is 2.19. The highest BCUT2D eigenvalue weighted by molar-refractivity contribution is 5.35.